The van der Waals surface area contributed by atoms with Gasteiger partial charge in [0.2, 0.25) is 0 Å². The zero-order valence-corrected chi connectivity index (χ0v) is 10.3. The molecule has 0 saturated heterocycles. The van der Waals surface area contributed by atoms with E-state index in [2.05, 4.69) is 21.6 Å². The van der Waals surface area contributed by atoms with Crippen molar-refractivity contribution in [1.29, 1.82) is 0 Å². The molecular weight excluding hydrogens is 232 g/mol. The standard InChI is InChI=1S/C13H16N2O3/c1-2-10(13(16)18-15-17)12-8-7-9-5-3-4-6-11(9)14-12/h3-6,10,12,14H,2,7-8H2,1H3. The largest absolute Gasteiger partial charge is 0.381 e. The van der Waals surface area contributed by atoms with Crippen LogP contribution in [0.1, 0.15) is 25.3 Å². The smallest absolute Gasteiger partial charge is 0.343 e. The highest BCUT2D eigenvalue weighted by atomic mass is 16.7. The zero-order chi connectivity index (χ0) is 13.0. The first-order valence-corrected chi connectivity index (χ1v) is 6.14. The minimum Gasteiger partial charge on any atom is -0.381 e. The van der Waals surface area contributed by atoms with Gasteiger partial charge >= 0.3 is 5.97 Å². The Bertz CT molecular complexity index is 448. The lowest BCUT2D eigenvalue weighted by Crippen LogP contribution is -2.37. The average molecular weight is 248 g/mol. The first kappa shape index (κ1) is 12.5. The molecular formula is C13H16N2O3. The highest BCUT2D eigenvalue weighted by Gasteiger charge is 2.31. The number of aryl methyl sites for hydroxylation is 1. The van der Waals surface area contributed by atoms with Crippen molar-refractivity contribution in [2.45, 2.75) is 32.2 Å². The van der Waals surface area contributed by atoms with Crippen LogP contribution in [-0.4, -0.2) is 12.0 Å². The predicted octanol–water partition coefficient (Wildman–Crippen LogP) is 2.66. The summed E-state index contributed by atoms with van der Waals surface area (Å²) in [7, 11) is 0. The number of anilines is 1. The zero-order valence-electron chi connectivity index (χ0n) is 10.3. The van der Waals surface area contributed by atoms with E-state index in [1.54, 1.807) is 0 Å². The summed E-state index contributed by atoms with van der Waals surface area (Å²) in [5.41, 5.74) is 2.31. The van der Waals surface area contributed by atoms with Crippen molar-refractivity contribution in [3.63, 3.8) is 0 Å². The van der Waals surface area contributed by atoms with Crippen molar-refractivity contribution in [1.82, 2.24) is 0 Å². The maximum atomic E-state index is 11.6. The highest BCUT2D eigenvalue weighted by molar-refractivity contribution is 5.74. The first-order valence-electron chi connectivity index (χ1n) is 6.14. The van der Waals surface area contributed by atoms with Crippen molar-refractivity contribution in [3.8, 4) is 0 Å². The van der Waals surface area contributed by atoms with Gasteiger partial charge in [0.25, 0.3) is 0 Å². The van der Waals surface area contributed by atoms with Crippen molar-refractivity contribution in [3.05, 3.63) is 34.7 Å². The summed E-state index contributed by atoms with van der Waals surface area (Å²) in [6.45, 7) is 1.90. The van der Waals surface area contributed by atoms with Crippen LogP contribution in [0.3, 0.4) is 0 Å². The van der Waals surface area contributed by atoms with Gasteiger partial charge in [0.05, 0.1) is 5.92 Å². The average Bonchev–Trinajstić information content (AvgIpc) is 2.40. The lowest BCUT2D eigenvalue weighted by atomic mass is 9.88. The predicted molar refractivity (Wildman–Crippen MR) is 67.8 cm³/mol. The normalized spacial score (nSPS) is 19.3. The molecule has 0 spiro atoms. The SMILES string of the molecule is CCC(C(=O)ON=O)C1CCc2ccccc2N1. The highest BCUT2D eigenvalue weighted by Crippen LogP contribution is 2.29. The Morgan fingerprint density at radius 1 is 1.56 bits per heavy atom. The van der Waals surface area contributed by atoms with E-state index in [1.165, 1.54) is 5.56 Å². The van der Waals surface area contributed by atoms with Crippen LogP contribution in [0.4, 0.5) is 5.69 Å². The van der Waals surface area contributed by atoms with E-state index in [1.807, 2.05) is 25.1 Å². The Morgan fingerprint density at radius 2 is 2.33 bits per heavy atom. The Labute approximate surface area is 105 Å². The van der Waals surface area contributed by atoms with Gasteiger partial charge in [-0.1, -0.05) is 25.1 Å². The topological polar surface area (TPSA) is 67.8 Å². The summed E-state index contributed by atoms with van der Waals surface area (Å²) in [5.74, 6) is -0.888. The third-order valence-electron chi connectivity index (χ3n) is 3.44. The van der Waals surface area contributed by atoms with Gasteiger partial charge < -0.3 is 5.32 Å². The van der Waals surface area contributed by atoms with Crippen LogP contribution in [0, 0.1) is 10.8 Å². The summed E-state index contributed by atoms with van der Waals surface area (Å²) >= 11 is 0. The van der Waals surface area contributed by atoms with Gasteiger partial charge in [-0.05, 0) is 30.9 Å². The second-order valence-electron chi connectivity index (χ2n) is 4.45. The number of para-hydroxylation sites is 1. The number of nitrogens with zero attached hydrogens (tertiary/aromatic N) is 1. The van der Waals surface area contributed by atoms with E-state index < -0.39 is 5.97 Å². The molecule has 1 heterocycles. The molecule has 0 radical (unpaired) electrons. The molecule has 96 valence electrons. The Morgan fingerprint density at radius 3 is 3.06 bits per heavy atom. The van der Waals surface area contributed by atoms with Crippen molar-refractivity contribution in [2.75, 3.05) is 5.32 Å². The third kappa shape index (κ3) is 2.50. The fourth-order valence-electron chi connectivity index (χ4n) is 2.48. The first-order chi connectivity index (χ1) is 8.76. The number of hydrogen-bond acceptors (Lipinski definition) is 5. The van der Waals surface area contributed by atoms with Crippen molar-refractivity contribution < 1.29 is 9.63 Å². The van der Waals surface area contributed by atoms with Gasteiger partial charge in [0, 0.05) is 11.7 Å². The van der Waals surface area contributed by atoms with Crippen molar-refractivity contribution >= 4 is 11.7 Å². The molecule has 0 bridgehead atoms. The van der Waals surface area contributed by atoms with Gasteiger partial charge in [-0.15, -0.1) is 4.91 Å². The van der Waals surface area contributed by atoms with Gasteiger partial charge in [-0.3, -0.25) is 4.84 Å². The molecule has 0 saturated carbocycles. The fourth-order valence-corrected chi connectivity index (χ4v) is 2.48. The number of carbonyl (C=O) groups excluding carboxylic acids is 1. The number of nitrogens with one attached hydrogen (secondary N) is 1. The van der Waals surface area contributed by atoms with E-state index in [-0.39, 0.29) is 12.0 Å². The molecule has 1 N–H and O–H groups in total. The molecule has 2 atom stereocenters. The van der Waals surface area contributed by atoms with Crippen LogP contribution in [0.15, 0.2) is 29.6 Å². The Hall–Kier alpha value is -1.91. The molecule has 0 aromatic heterocycles. The molecule has 0 fully saturated rings. The van der Waals surface area contributed by atoms with Gasteiger partial charge in [0.1, 0.15) is 0 Å². The third-order valence-corrected chi connectivity index (χ3v) is 3.44. The second-order valence-corrected chi connectivity index (χ2v) is 4.45. The van der Waals surface area contributed by atoms with Crippen LogP contribution >= 0.6 is 0 Å². The molecule has 1 aliphatic heterocycles. The summed E-state index contributed by atoms with van der Waals surface area (Å²) in [6, 6.07) is 8.03. The Kier molecular flexibility index (Phi) is 3.92. The van der Waals surface area contributed by atoms with Gasteiger partial charge in [-0.25, -0.2) is 4.79 Å². The van der Waals surface area contributed by atoms with E-state index in [0.717, 1.165) is 18.5 Å². The summed E-state index contributed by atoms with van der Waals surface area (Å²) in [5, 5.41) is 5.56. The Balaban J connectivity index is 2.11. The minimum absolute atomic E-state index is 0.000787. The van der Waals surface area contributed by atoms with E-state index in [4.69, 9.17) is 0 Å². The number of carbonyl (C=O) groups is 1. The van der Waals surface area contributed by atoms with Gasteiger partial charge in [0.15, 0.2) is 5.34 Å². The van der Waals surface area contributed by atoms with Gasteiger partial charge in [-0.2, -0.15) is 0 Å². The molecule has 0 amide bonds. The van der Waals surface area contributed by atoms with Crippen molar-refractivity contribution in [2.24, 2.45) is 11.3 Å². The van der Waals surface area contributed by atoms with Crippen LogP contribution in [0.25, 0.3) is 0 Å². The van der Waals surface area contributed by atoms with E-state index in [9.17, 15) is 9.70 Å². The minimum atomic E-state index is -0.551. The summed E-state index contributed by atoms with van der Waals surface area (Å²) in [4.78, 5) is 25.9. The monoisotopic (exact) mass is 248 g/mol. The molecule has 1 aliphatic rings. The summed E-state index contributed by atoms with van der Waals surface area (Å²) in [6.07, 6.45) is 2.39. The quantitative estimate of drug-likeness (QED) is 0.657. The lowest BCUT2D eigenvalue weighted by molar-refractivity contribution is -0.149. The lowest BCUT2D eigenvalue weighted by Gasteiger charge is -2.30. The number of rotatable bonds is 4. The maximum Gasteiger partial charge on any atom is 0.343 e. The van der Waals surface area contributed by atoms with Crippen LogP contribution in [0.5, 0.6) is 0 Å². The molecule has 2 unspecified atom stereocenters. The van der Waals surface area contributed by atoms with Crippen LogP contribution in [-0.2, 0) is 16.1 Å². The van der Waals surface area contributed by atoms with Crippen LogP contribution in [0.2, 0.25) is 0 Å². The molecule has 1 aromatic rings. The molecule has 2 rings (SSSR count). The molecule has 1 aromatic carbocycles. The molecule has 5 nitrogen and oxygen atoms in total. The van der Waals surface area contributed by atoms with E-state index >= 15 is 0 Å². The number of fused-ring (bicyclic) bond motifs is 1. The van der Waals surface area contributed by atoms with Crippen LogP contribution < -0.4 is 5.32 Å². The molecule has 18 heavy (non-hydrogen) atoms. The summed E-state index contributed by atoms with van der Waals surface area (Å²) < 4.78 is 0. The molecule has 0 aliphatic carbocycles. The number of benzene rings is 1. The van der Waals surface area contributed by atoms with E-state index in [0.29, 0.717) is 6.42 Å². The molecule has 5 heteroatoms. The fraction of sp³-hybridized carbons (Fsp3) is 0.462. The second kappa shape index (κ2) is 5.62. The maximum absolute atomic E-state index is 11.6. The number of hydrogen-bond donors (Lipinski definition) is 1.